The monoisotopic (exact) mass is 1850 g/mol. The van der Waals surface area contributed by atoms with Gasteiger partial charge in [-0.1, -0.05) is 377 Å². The van der Waals surface area contributed by atoms with Gasteiger partial charge >= 0.3 is 0 Å². The van der Waals surface area contributed by atoms with Gasteiger partial charge in [-0.15, -0.1) is 11.3 Å². The Labute approximate surface area is 830 Å². The summed E-state index contributed by atoms with van der Waals surface area (Å²) in [6.45, 7) is 18.4. The molecule has 18 aromatic carbocycles. The zero-order chi connectivity index (χ0) is 95.6. The summed E-state index contributed by atoms with van der Waals surface area (Å²) in [5.41, 5.74) is 40.3. The smallest absolute Gasteiger partial charge is 0.160 e. The van der Waals surface area contributed by atoms with Crippen LogP contribution in [-0.4, -0.2) is 43.6 Å². The van der Waals surface area contributed by atoms with Crippen LogP contribution in [0.4, 0.5) is 0 Å². The van der Waals surface area contributed by atoms with Crippen molar-refractivity contribution in [2.24, 2.45) is 0 Å². The molecule has 0 saturated carbocycles. The Morgan fingerprint density at radius 1 is 0.217 bits per heavy atom. The maximum absolute atomic E-state index is 6.35. The third-order valence-corrected chi connectivity index (χ3v) is 32.2. The van der Waals surface area contributed by atoms with Gasteiger partial charge in [0.15, 0.2) is 17.5 Å². The highest BCUT2D eigenvalue weighted by Crippen LogP contribution is 2.58. The second kappa shape index (κ2) is 31.6. The number of nitrogens with zero attached hydrogens (tertiary/aromatic N) is 9. The Balaban J connectivity index is 0.000000105. The predicted molar refractivity (Wildman–Crippen MR) is 592 cm³/mol. The average Bonchev–Trinajstić information content (AvgIpc) is 1.54. The molecule has 4 aliphatic rings. The van der Waals surface area contributed by atoms with Crippen molar-refractivity contribution >= 4 is 119 Å². The third kappa shape index (κ3) is 12.5. The molecule has 11 heteroatoms. The first-order chi connectivity index (χ1) is 70.0. The van der Waals surface area contributed by atoms with Crippen LogP contribution in [0, 0.1) is 0 Å². The zero-order valence-electron chi connectivity index (χ0n) is 80.2. The number of thiophene rings is 1. The summed E-state index contributed by atoms with van der Waals surface area (Å²) in [5, 5.41) is 12.3. The van der Waals surface area contributed by atoms with Crippen molar-refractivity contribution in [3.8, 4) is 130 Å². The van der Waals surface area contributed by atoms with Crippen LogP contribution in [-0.2, 0) is 21.7 Å². The van der Waals surface area contributed by atoms with Crippen LogP contribution in [0.3, 0.4) is 0 Å². The maximum atomic E-state index is 6.35. The highest BCUT2D eigenvalue weighted by atomic mass is 32.1. The van der Waals surface area contributed by atoms with E-state index in [9.17, 15) is 0 Å². The van der Waals surface area contributed by atoms with E-state index < -0.39 is 0 Å². The molecule has 4 aliphatic carbocycles. The summed E-state index contributed by atoms with van der Waals surface area (Å²) in [5.74, 6) is 2.23. The van der Waals surface area contributed by atoms with Crippen LogP contribution < -0.4 is 0 Å². The third-order valence-electron chi connectivity index (χ3n) is 31.1. The Morgan fingerprint density at radius 3 is 1.05 bits per heavy atom. The van der Waals surface area contributed by atoms with Crippen molar-refractivity contribution in [2.45, 2.75) is 77.0 Å². The van der Waals surface area contributed by atoms with E-state index in [1.165, 1.54) is 130 Å². The first kappa shape index (κ1) is 83.8. The summed E-state index contributed by atoms with van der Waals surface area (Å²) in [4.78, 5) is 32.1. The predicted octanol–water partition coefficient (Wildman–Crippen LogP) is 34.2. The fourth-order valence-corrected chi connectivity index (χ4v) is 25.4. The van der Waals surface area contributed by atoms with Gasteiger partial charge in [-0.2, -0.15) is 0 Å². The standard InChI is InChI=1S/C46H35N3.C43H29N3O.C43H29N3S/c1-45(2)35-19-11-8-17-33(35)39-37(45)27-26-32-31-16-10-13-21-38(31)49(42(32)39)30-24-22-29(23-25-30)44-47-41(28-14-6-5-7-15-28)40-34-18-9-12-20-36(34)46(3,4)43(40)48-44;2*1-43(2)33-20-9-6-18-31(33)38-39(26-13-4-3-5-14-26)44-42(45-41(38)43)27-15-12-16-28(25-27)46-34-21-10-7-17-29(34)30-23-24-36-37(40(30)46)32-19-8-11-22-35(32)47-36/h5-27H,1-4H3;2*3-25H,1-2H3. The zero-order valence-corrected chi connectivity index (χ0v) is 81.0. The topological polar surface area (TPSA) is 105 Å². The molecular formula is C132H93N9OS. The fraction of sp³-hybridized carbons (Fsp3) is 0.0909. The quantitative estimate of drug-likeness (QED) is 0.142. The second-order valence-corrected chi connectivity index (χ2v) is 41.7. The second-order valence-electron chi connectivity index (χ2n) is 40.6. The van der Waals surface area contributed by atoms with Crippen molar-refractivity contribution in [1.29, 1.82) is 0 Å². The van der Waals surface area contributed by atoms with Crippen molar-refractivity contribution in [3.63, 3.8) is 0 Å². The number of rotatable bonds is 9. The lowest BCUT2D eigenvalue weighted by Gasteiger charge is -2.21. The molecule has 26 aromatic rings. The Hall–Kier alpha value is -17.4. The number of hydrogen-bond donors (Lipinski definition) is 0. The lowest BCUT2D eigenvalue weighted by atomic mass is 9.82. The molecule has 0 atom stereocenters. The van der Waals surface area contributed by atoms with Gasteiger partial charge in [-0.3, -0.25) is 0 Å². The minimum atomic E-state index is -0.258. The fourth-order valence-electron chi connectivity index (χ4n) is 24.3. The molecule has 0 spiro atoms. The van der Waals surface area contributed by atoms with E-state index in [2.05, 4.69) is 476 Å². The molecule has 10 nitrogen and oxygen atoms in total. The van der Waals surface area contributed by atoms with Gasteiger partial charge < -0.3 is 18.1 Å². The minimum absolute atomic E-state index is 0.0694. The van der Waals surface area contributed by atoms with Crippen LogP contribution >= 0.6 is 11.3 Å². The summed E-state index contributed by atoms with van der Waals surface area (Å²) < 4.78 is 16.2. The molecule has 30 rings (SSSR count). The number of para-hydroxylation sites is 4. The minimum Gasteiger partial charge on any atom is -0.456 e. The van der Waals surface area contributed by atoms with Crippen LogP contribution in [0.2, 0.25) is 0 Å². The number of benzene rings is 18. The summed E-state index contributed by atoms with van der Waals surface area (Å²) in [6.07, 6.45) is 0. The van der Waals surface area contributed by atoms with Gasteiger partial charge in [0.1, 0.15) is 11.2 Å². The maximum Gasteiger partial charge on any atom is 0.160 e. The molecule has 0 N–H and O–H groups in total. The van der Waals surface area contributed by atoms with Crippen LogP contribution in [0.1, 0.15) is 100 Å². The van der Waals surface area contributed by atoms with Gasteiger partial charge in [0.25, 0.3) is 0 Å². The highest BCUT2D eigenvalue weighted by Gasteiger charge is 2.45. The van der Waals surface area contributed by atoms with E-state index in [4.69, 9.17) is 34.3 Å². The lowest BCUT2D eigenvalue weighted by Crippen LogP contribution is -2.17. The Morgan fingerprint density at radius 2 is 0.573 bits per heavy atom. The SMILES string of the molecule is CC1(C)c2ccccc2-c2c(-c3ccccc3)nc(-c3cccc(-n4c5ccccc5c5ccc6oc7ccccc7c6c54)c3)nc21.CC1(C)c2ccccc2-c2c(-c3ccccc3)nc(-c3cccc(-n4c5ccccc5c5ccc6sc7ccccc7c6c54)c3)nc21.CC1(C)c2ccccc2-c2c1ccc1c3ccccc3n(-c3ccc(-c4nc(-c5ccccc5)c5c(n4)C(C)(C)c4ccccc4-5)cc3)c21. The largest absolute Gasteiger partial charge is 0.456 e. The van der Waals surface area contributed by atoms with E-state index in [1.807, 2.05) is 23.5 Å². The molecule has 0 bridgehead atoms. The van der Waals surface area contributed by atoms with Gasteiger partial charge in [-0.05, 0) is 147 Å². The van der Waals surface area contributed by atoms with E-state index in [0.717, 1.165) is 152 Å². The highest BCUT2D eigenvalue weighted by molar-refractivity contribution is 7.26. The van der Waals surface area contributed by atoms with Crippen molar-refractivity contribution in [2.75, 3.05) is 0 Å². The van der Waals surface area contributed by atoms with Crippen LogP contribution in [0.15, 0.2) is 423 Å². The van der Waals surface area contributed by atoms with E-state index >= 15 is 0 Å². The molecule has 8 heterocycles. The van der Waals surface area contributed by atoms with E-state index in [-0.39, 0.29) is 21.7 Å². The summed E-state index contributed by atoms with van der Waals surface area (Å²) in [6, 6.07) is 150. The Bertz CT molecular complexity index is 9480. The number of furan rings is 1. The number of fused-ring (bicyclic) bond motifs is 30. The summed E-state index contributed by atoms with van der Waals surface area (Å²) >= 11 is 1.86. The summed E-state index contributed by atoms with van der Waals surface area (Å²) in [7, 11) is 0. The van der Waals surface area contributed by atoms with Gasteiger partial charge in [0.05, 0.1) is 72.6 Å². The molecule has 678 valence electrons. The molecule has 8 aromatic heterocycles. The van der Waals surface area contributed by atoms with Gasteiger partial charge in [0.2, 0.25) is 0 Å². The first-order valence-corrected chi connectivity index (χ1v) is 50.2. The molecular weight excluding hydrogens is 1760 g/mol. The molecule has 0 amide bonds. The molecule has 143 heavy (non-hydrogen) atoms. The van der Waals surface area contributed by atoms with Crippen molar-refractivity contribution in [3.05, 3.63) is 463 Å². The van der Waals surface area contributed by atoms with Crippen molar-refractivity contribution < 1.29 is 4.42 Å². The van der Waals surface area contributed by atoms with Crippen molar-refractivity contribution in [1.82, 2.24) is 43.6 Å². The Kier molecular flexibility index (Phi) is 18.5. The normalized spacial score (nSPS) is 14.0. The molecule has 0 unspecified atom stereocenters. The number of aromatic nitrogens is 9. The van der Waals surface area contributed by atoms with Gasteiger partial charge in [-0.25, -0.2) is 29.9 Å². The molecule has 0 aliphatic heterocycles. The lowest BCUT2D eigenvalue weighted by molar-refractivity contribution is 0.636. The van der Waals surface area contributed by atoms with Crippen LogP contribution in [0.25, 0.3) is 237 Å². The molecule has 0 radical (unpaired) electrons. The molecule has 0 saturated heterocycles. The number of hydrogen-bond acceptors (Lipinski definition) is 8. The average molecular weight is 1850 g/mol. The van der Waals surface area contributed by atoms with E-state index in [0.29, 0.717) is 0 Å². The van der Waals surface area contributed by atoms with Gasteiger partial charge in [0, 0.05) is 152 Å². The van der Waals surface area contributed by atoms with E-state index in [1.54, 1.807) is 0 Å². The van der Waals surface area contributed by atoms with Crippen LogP contribution in [0.5, 0.6) is 0 Å². The first-order valence-electron chi connectivity index (χ1n) is 49.4. The molecule has 0 fully saturated rings.